The highest BCUT2D eigenvalue weighted by molar-refractivity contribution is 5.95. The van der Waals surface area contributed by atoms with E-state index in [1.807, 2.05) is 44.2 Å². The van der Waals surface area contributed by atoms with Crippen molar-refractivity contribution in [2.75, 3.05) is 12.4 Å². The number of hydrogen-bond acceptors (Lipinski definition) is 3. The van der Waals surface area contributed by atoms with Crippen molar-refractivity contribution in [3.8, 4) is 11.5 Å². The van der Waals surface area contributed by atoms with Crippen LogP contribution in [0.25, 0.3) is 0 Å². The number of ether oxygens (including phenoxy) is 2. The van der Waals surface area contributed by atoms with Gasteiger partial charge in [0.25, 0.3) is 5.91 Å². The molecule has 2 aromatic carbocycles. The molecule has 116 valence electrons. The molecule has 0 radical (unpaired) electrons. The van der Waals surface area contributed by atoms with E-state index in [-0.39, 0.29) is 5.91 Å². The molecule has 0 saturated heterocycles. The number of rotatable bonds is 5. The molecule has 4 nitrogen and oxygen atoms in total. The van der Waals surface area contributed by atoms with Crippen LogP contribution in [0, 0.1) is 13.8 Å². The Hall–Kier alpha value is -2.49. The molecule has 2 aromatic rings. The molecule has 0 aliphatic carbocycles. The van der Waals surface area contributed by atoms with E-state index in [1.54, 1.807) is 26.2 Å². The molecule has 2 rings (SSSR count). The molecule has 0 aliphatic rings. The van der Waals surface area contributed by atoms with Crippen LogP contribution in [0.3, 0.4) is 0 Å². The van der Waals surface area contributed by atoms with Crippen molar-refractivity contribution >= 4 is 11.6 Å². The van der Waals surface area contributed by atoms with Gasteiger partial charge in [-0.25, -0.2) is 0 Å². The van der Waals surface area contributed by atoms with E-state index in [9.17, 15) is 4.79 Å². The third kappa shape index (κ3) is 3.79. The molecular weight excluding hydrogens is 278 g/mol. The fraction of sp³-hybridized carbons (Fsp3) is 0.278. The quantitative estimate of drug-likeness (QED) is 0.915. The average molecular weight is 299 g/mol. The summed E-state index contributed by atoms with van der Waals surface area (Å²) < 4.78 is 10.9. The van der Waals surface area contributed by atoms with E-state index in [4.69, 9.17) is 9.47 Å². The van der Waals surface area contributed by atoms with Crippen molar-refractivity contribution in [2.24, 2.45) is 0 Å². The number of hydrogen-bond donors (Lipinski definition) is 1. The second-order valence-electron chi connectivity index (χ2n) is 5.20. The zero-order chi connectivity index (χ0) is 16.1. The minimum atomic E-state index is -0.605. The van der Waals surface area contributed by atoms with Gasteiger partial charge in [0.15, 0.2) is 6.10 Å². The van der Waals surface area contributed by atoms with Crippen LogP contribution in [0.4, 0.5) is 5.69 Å². The molecule has 0 heterocycles. The van der Waals surface area contributed by atoms with E-state index in [2.05, 4.69) is 5.32 Å². The van der Waals surface area contributed by atoms with E-state index < -0.39 is 6.10 Å². The Bertz CT molecular complexity index is 667. The van der Waals surface area contributed by atoms with Gasteiger partial charge in [-0.05, 0) is 56.2 Å². The predicted octanol–water partition coefficient (Wildman–Crippen LogP) is 3.72. The summed E-state index contributed by atoms with van der Waals surface area (Å²) in [5.41, 5.74) is 2.96. The third-order valence-corrected chi connectivity index (χ3v) is 3.53. The molecule has 0 saturated carbocycles. The Labute approximate surface area is 131 Å². The zero-order valence-corrected chi connectivity index (χ0v) is 13.3. The average Bonchev–Trinajstić information content (AvgIpc) is 2.51. The Morgan fingerprint density at radius 2 is 1.82 bits per heavy atom. The minimum Gasteiger partial charge on any atom is -0.495 e. The number of carbonyl (C=O) groups is 1. The second kappa shape index (κ2) is 6.98. The van der Waals surface area contributed by atoms with Gasteiger partial charge < -0.3 is 14.8 Å². The highest BCUT2D eigenvalue weighted by Gasteiger charge is 2.16. The number of amides is 1. The smallest absolute Gasteiger partial charge is 0.265 e. The van der Waals surface area contributed by atoms with Gasteiger partial charge >= 0.3 is 0 Å². The zero-order valence-electron chi connectivity index (χ0n) is 13.3. The topological polar surface area (TPSA) is 47.6 Å². The van der Waals surface area contributed by atoms with Gasteiger partial charge in [0, 0.05) is 0 Å². The maximum atomic E-state index is 12.2. The Morgan fingerprint density at radius 3 is 2.50 bits per heavy atom. The van der Waals surface area contributed by atoms with E-state index >= 15 is 0 Å². The number of methoxy groups -OCH3 is 1. The van der Waals surface area contributed by atoms with Crippen LogP contribution in [0.15, 0.2) is 42.5 Å². The first-order chi connectivity index (χ1) is 10.5. The van der Waals surface area contributed by atoms with Gasteiger partial charge in [-0.1, -0.05) is 18.2 Å². The van der Waals surface area contributed by atoms with Gasteiger partial charge in [-0.2, -0.15) is 0 Å². The fourth-order valence-corrected chi connectivity index (χ4v) is 2.03. The molecule has 0 spiro atoms. The lowest BCUT2D eigenvalue weighted by atomic mass is 10.1. The Morgan fingerprint density at radius 1 is 1.09 bits per heavy atom. The molecule has 1 N–H and O–H groups in total. The van der Waals surface area contributed by atoms with Gasteiger partial charge in [-0.3, -0.25) is 4.79 Å². The molecule has 22 heavy (non-hydrogen) atoms. The van der Waals surface area contributed by atoms with Crippen LogP contribution in [0.5, 0.6) is 11.5 Å². The first kappa shape index (κ1) is 15.9. The Balaban J connectivity index is 2.04. The summed E-state index contributed by atoms with van der Waals surface area (Å²) in [6, 6.07) is 13.1. The van der Waals surface area contributed by atoms with Gasteiger partial charge in [0.2, 0.25) is 0 Å². The number of benzene rings is 2. The second-order valence-corrected chi connectivity index (χ2v) is 5.20. The first-order valence-electron chi connectivity index (χ1n) is 7.19. The highest BCUT2D eigenvalue weighted by Crippen LogP contribution is 2.24. The fourth-order valence-electron chi connectivity index (χ4n) is 2.03. The van der Waals surface area contributed by atoms with E-state index in [0.717, 1.165) is 5.56 Å². The number of nitrogens with one attached hydrogen (secondary N) is 1. The summed E-state index contributed by atoms with van der Waals surface area (Å²) in [5, 5.41) is 2.82. The number of carbonyl (C=O) groups excluding carboxylic acids is 1. The van der Waals surface area contributed by atoms with Crippen molar-refractivity contribution in [1.82, 2.24) is 0 Å². The normalized spacial score (nSPS) is 11.6. The number of para-hydroxylation sites is 2. The number of anilines is 1. The predicted molar refractivity (Wildman–Crippen MR) is 87.6 cm³/mol. The molecule has 0 aromatic heterocycles. The van der Waals surface area contributed by atoms with Crippen LogP contribution >= 0.6 is 0 Å². The SMILES string of the molecule is COc1ccccc1NC(=O)C(C)Oc1ccc(C)c(C)c1. The summed E-state index contributed by atoms with van der Waals surface area (Å²) in [6.07, 6.45) is -0.605. The van der Waals surface area contributed by atoms with E-state index in [1.165, 1.54) is 5.56 Å². The summed E-state index contributed by atoms with van der Waals surface area (Å²) in [4.78, 5) is 12.2. The van der Waals surface area contributed by atoms with Crippen molar-refractivity contribution in [1.29, 1.82) is 0 Å². The minimum absolute atomic E-state index is 0.220. The van der Waals surface area contributed by atoms with Crippen molar-refractivity contribution in [2.45, 2.75) is 26.9 Å². The Kier molecular flexibility index (Phi) is 5.04. The van der Waals surface area contributed by atoms with Crippen molar-refractivity contribution in [3.05, 3.63) is 53.6 Å². The molecule has 0 fully saturated rings. The summed E-state index contributed by atoms with van der Waals surface area (Å²) >= 11 is 0. The maximum Gasteiger partial charge on any atom is 0.265 e. The van der Waals surface area contributed by atoms with E-state index in [0.29, 0.717) is 17.2 Å². The molecule has 1 atom stereocenters. The standard InChI is InChI=1S/C18H21NO3/c1-12-9-10-15(11-13(12)2)22-14(3)18(20)19-16-7-5-6-8-17(16)21-4/h5-11,14H,1-4H3,(H,19,20). The van der Waals surface area contributed by atoms with Crippen molar-refractivity contribution < 1.29 is 14.3 Å². The lowest BCUT2D eigenvalue weighted by Gasteiger charge is -2.16. The van der Waals surface area contributed by atoms with Crippen LogP contribution < -0.4 is 14.8 Å². The maximum absolute atomic E-state index is 12.2. The molecule has 4 heteroatoms. The summed E-state index contributed by atoms with van der Waals surface area (Å²) in [6.45, 7) is 5.78. The lowest BCUT2D eigenvalue weighted by Crippen LogP contribution is -2.30. The number of aryl methyl sites for hydroxylation is 2. The van der Waals surface area contributed by atoms with Crippen molar-refractivity contribution in [3.63, 3.8) is 0 Å². The molecule has 1 unspecified atom stereocenters. The summed E-state index contributed by atoms with van der Waals surface area (Å²) in [5.74, 6) is 1.09. The monoisotopic (exact) mass is 299 g/mol. The van der Waals surface area contributed by atoms with Gasteiger partial charge in [0.05, 0.1) is 12.8 Å². The van der Waals surface area contributed by atoms with Crippen LogP contribution in [-0.2, 0) is 4.79 Å². The highest BCUT2D eigenvalue weighted by atomic mass is 16.5. The molecule has 0 bridgehead atoms. The first-order valence-corrected chi connectivity index (χ1v) is 7.19. The largest absolute Gasteiger partial charge is 0.495 e. The summed E-state index contributed by atoms with van der Waals surface area (Å²) in [7, 11) is 1.57. The van der Waals surface area contributed by atoms with Crippen LogP contribution in [0.1, 0.15) is 18.1 Å². The van der Waals surface area contributed by atoms with Gasteiger partial charge in [-0.15, -0.1) is 0 Å². The van der Waals surface area contributed by atoms with Gasteiger partial charge in [0.1, 0.15) is 11.5 Å². The third-order valence-electron chi connectivity index (χ3n) is 3.53. The molecular formula is C18H21NO3. The van der Waals surface area contributed by atoms with Crippen LogP contribution in [0.2, 0.25) is 0 Å². The molecule has 1 amide bonds. The molecule has 0 aliphatic heterocycles. The van der Waals surface area contributed by atoms with Crippen LogP contribution in [-0.4, -0.2) is 19.1 Å². The lowest BCUT2D eigenvalue weighted by molar-refractivity contribution is -0.122.